The Morgan fingerprint density at radius 2 is 2.14 bits per heavy atom. The Morgan fingerprint density at radius 3 is 2.95 bits per heavy atom. The first-order valence-electron chi connectivity index (χ1n) is 6.42. The molecule has 0 aliphatic heterocycles. The number of aromatic nitrogens is 4. The fourth-order valence-corrected chi connectivity index (χ4v) is 2.14. The van der Waals surface area contributed by atoms with Crippen LogP contribution in [0.1, 0.15) is 15.9 Å². The summed E-state index contributed by atoms with van der Waals surface area (Å²) in [6.07, 6.45) is 4.93. The number of nitrogens with one attached hydrogen (secondary N) is 1. The SMILES string of the molecule is Cn1cc(CN)c(NC(=O)c2cccc3nccnc23)n1. The quantitative estimate of drug-likeness (QED) is 0.748. The van der Waals surface area contributed by atoms with E-state index in [1.165, 1.54) is 0 Å². The maximum atomic E-state index is 12.4. The number of nitrogens with zero attached hydrogens (tertiary/aromatic N) is 4. The predicted octanol–water partition coefficient (Wildman–Crippen LogP) is 1.07. The lowest BCUT2D eigenvalue weighted by Gasteiger charge is -2.06. The van der Waals surface area contributed by atoms with Crippen LogP contribution in [0.4, 0.5) is 5.82 Å². The first-order chi connectivity index (χ1) is 10.2. The van der Waals surface area contributed by atoms with Gasteiger partial charge in [0.15, 0.2) is 5.82 Å². The molecule has 21 heavy (non-hydrogen) atoms. The summed E-state index contributed by atoms with van der Waals surface area (Å²) in [5, 5.41) is 6.97. The molecule has 0 radical (unpaired) electrons. The number of hydrogen-bond acceptors (Lipinski definition) is 5. The first kappa shape index (κ1) is 13.2. The van der Waals surface area contributed by atoms with E-state index >= 15 is 0 Å². The topological polar surface area (TPSA) is 98.7 Å². The van der Waals surface area contributed by atoms with E-state index in [-0.39, 0.29) is 5.91 Å². The number of nitrogens with two attached hydrogens (primary N) is 1. The number of para-hydroxylation sites is 1. The zero-order chi connectivity index (χ0) is 14.8. The number of amides is 1. The predicted molar refractivity (Wildman–Crippen MR) is 78.6 cm³/mol. The molecule has 0 spiro atoms. The van der Waals surface area contributed by atoms with Crippen LogP contribution in [0.3, 0.4) is 0 Å². The van der Waals surface area contributed by atoms with Gasteiger partial charge < -0.3 is 11.1 Å². The molecular formula is C14H14N6O. The zero-order valence-corrected chi connectivity index (χ0v) is 11.4. The van der Waals surface area contributed by atoms with Gasteiger partial charge in [0.1, 0.15) is 5.52 Å². The van der Waals surface area contributed by atoms with E-state index in [1.807, 2.05) is 6.07 Å². The van der Waals surface area contributed by atoms with Crippen molar-refractivity contribution in [2.24, 2.45) is 12.8 Å². The van der Waals surface area contributed by atoms with Crippen LogP contribution in [0.5, 0.6) is 0 Å². The van der Waals surface area contributed by atoms with Gasteiger partial charge >= 0.3 is 0 Å². The average Bonchev–Trinajstić information content (AvgIpc) is 2.86. The molecule has 3 N–H and O–H groups in total. The van der Waals surface area contributed by atoms with Gasteiger partial charge in [-0.2, -0.15) is 5.10 Å². The standard InChI is InChI=1S/C14H14N6O/c1-20-8-9(7-15)13(19-20)18-14(21)10-3-2-4-11-12(10)17-6-5-16-11/h2-6,8H,7,15H2,1H3,(H,18,19,21). The molecule has 1 aromatic carbocycles. The normalized spacial score (nSPS) is 10.8. The van der Waals surface area contributed by atoms with Crippen LogP contribution >= 0.6 is 0 Å². The summed E-state index contributed by atoms with van der Waals surface area (Å²) in [4.78, 5) is 20.8. The van der Waals surface area contributed by atoms with Crippen LogP contribution in [0.2, 0.25) is 0 Å². The van der Waals surface area contributed by atoms with Crippen LogP contribution < -0.4 is 11.1 Å². The van der Waals surface area contributed by atoms with Gasteiger partial charge in [-0.3, -0.25) is 19.4 Å². The number of carbonyl (C=O) groups is 1. The summed E-state index contributed by atoms with van der Waals surface area (Å²) in [5.74, 6) is 0.181. The zero-order valence-electron chi connectivity index (χ0n) is 11.4. The third-order valence-electron chi connectivity index (χ3n) is 3.10. The molecule has 0 aliphatic carbocycles. The van der Waals surface area contributed by atoms with Gasteiger partial charge in [0.25, 0.3) is 5.91 Å². The van der Waals surface area contributed by atoms with E-state index in [4.69, 9.17) is 5.73 Å². The van der Waals surface area contributed by atoms with E-state index < -0.39 is 0 Å². The van der Waals surface area contributed by atoms with Crippen molar-refractivity contribution in [3.05, 3.63) is 47.9 Å². The second kappa shape index (κ2) is 5.29. The number of benzene rings is 1. The molecule has 0 saturated heterocycles. The van der Waals surface area contributed by atoms with Crippen molar-refractivity contribution in [2.45, 2.75) is 6.54 Å². The Hall–Kier alpha value is -2.80. The van der Waals surface area contributed by atoms with Crippen LogP contribution in [-0.2, 0) is 13.6 Å². The second-order valence-corrected chi connectivity index (χ2v) is 4.56. The van der Waals surface area contributed by atoms with Crippen molar-refractivity contribution in [1.82, 2.24) is 19.7 Å². The number of aryl methyl sites for hydroxylation is 1. The maximum absolute atomic E-state index is 12.4. The maximum Gasteiger partial charge on any atom is 0.259 e. The van der Waals surface area contributed by atoms with Crippen molar-refractivity contribution in [1.29, 1.82) is 0 Å². The Morgan fingerprint density at radius 1 is 1.33 bits per heavy atom. The fourth-order valence-electron chi connectivity index (χ4n) is 2.14. The highest BCUT2D eigenvalue weighted by Gasteiger charge is 2.15. The minimum absolute atomic E-state index is 0.283. The summed E-state index contributed by atoms with van der Waals surface area (Å²) in [5.41, 5.74) is 8.10. The molecule has 3 rings (SSSR count). The van der Waals surface area contributed by atoms with Crippen molar-refractivity contribution < 1.29 is 4.79 Å². The summed E-state index contributed by atoms with van der Waals surface area (Å²) >= 11 is 0. The third-order valence-corrected chi connectivity index (χ3v) is 3.10. The molecule has 2 heterocycles. The lowest BCUT2D eigenvalue weighted by atomic mass is 10.1. The molecule has 2 aromatic heterocycles. The fraction of sp³-hybridized carbons (Fsp3) is 0.143. The van der Waals surface area contributed by atoms with Gasteiger partial charge in [-0.05, 0) is 12.1 Å². The smallest absolute Gasteiger partial charge is 0.259 e. The molecule has 3 aromatic rings. The minimum Gasteiger partial charge on any atom is -0.326 e. The number of anilines is 1. The molecule has 0 bridgehead atoms. The highest BCUT2D eigenvalue weighted by atomic mass is 16.1. The molecule has 0 unspecified atom stereocenters. The number of hydrogen-bond donors (Lipinski definition) is 2. The Bertz CT molecular complexity index is 805. The van der Waals surface area contributed by atoms with Gasteiger partial charge in [-0.25, -0.2) is 0 Å². The van der Waals surface area contributed by atoms with Crippen molar-refractivity contribution in [2.75, 3.05) is 5.32 Å². The van der Waals surface area contributed by atoms with E-state index in [9.17, 15) is 4.79 Å². The van der Waals surface area contributed by atoms with E-state index in [0.29, 0.717) is 29.0 Å². The first-order valence-corrected chi connectivity index (χ1v) is 6.42. The van der Waals surface area contributed by atoms with E-state index in [1.54, 1.807) is 42.5 Å². The van der Waals surface area contributed by atoms with Crippen LogP contribution in [0.15, 0.2) is 36.8 Å². The molecule has 0 fully saturated rings. The third kappa shape index (κ3) is 2.46. The Balaban J connectivity index is 1.97. The van der Waals surface area contributed by atoms with Crippen molar-refractivity contribution in [3.63, 3.8) is 0 Å². The molecule has 106 valence electrons. The highest BCUT2D eigenvalue weighted by Crippen LogP contribution is 2.17. The van der Waals surface area contributed by atoms with Crippen LogP contribution in [-0.4, -0.2) is 25.7 Å². The summed E-state index contributed by atoms with van der Waals surface area (Å²) in [7, 11) is 1.78. The van der Waals surface area contributed by atoms with Crippen molar-refractivity contribution in [3.8, 4) is 0 Å². The average molecular weight is 282 g/mol. The van der Waals surface area contributed by atoms with Gasteiger partial charge in [0.2, 0.25) is 0 Å². The Kier molecular flexibility index (Phi) is 3.33. The summed E-state index contributed by atoms with van der Waals surface area (Å²) in [6.45, 7) is 0.304. The number of fused-ring (bicyclic) bond motifs is 1. The van der Waals surface area contributed by atoms with Crippen molar-refractivity contribution >= 4 is 22.8 Å². The van der Waals surface area contributed by atoms with Gasteiger partial charge in [-0.1, -0.05) is 6.07 Å². The summed E-state index contributed by atoms with van der Waals surface area (Å²) < 4.78 is 1.61. The van der Waals surface area contributed by atoms with Gasteiger partial charge in [0.05, 0.1) is 11.1 Å². The monoisotopic (exact) mass is 282 g/mol. The molecule has 0 saturated carbocycles. The molecule has 7 heteroatoms. The molecule has 0 atom stereocenters. The largest absolute Gasteiger partial charge is 0.326 e. The second-order valence-electron chi connectivity index (χ2n) is 4.56. The molecule has 1 amide bonds. The van der Waals surface area contributed by atoms with Crippen LogP contribution in [0, 0.1) is 0 Å². The van der Waals surface area contributed by atoms with Gasteiger partial charge in [0, 0.05) is 37.7 Å². The summed E-state index contributed by atoms with van der Waals surface area (Å²) in [6, 6.07) is 5.29. The number of rotatable bonds is 3. The Labute approximate surface area is 120 Å². The van der Waals surface area contributed by atoms with Gasteiger partial charge in [-0.15, -0.1) is 0 Å². The van der Waals surface area contributed by atoms with E-state index in [2.05, 4.69) is 20.4 Å². The highest BCUT2D eigenvalue weighted by molar-refractivity contribution is 6.11. The lowest BCUT2D eigenvalue weighted by molar-refractivity contribution is 0.102. The lowest BCUT2D eigenvalue weighted by Crippen LogP contribution is -2.15. The van der Waals surface area contributed by atoms with Crippen LogP contribution in [0.25, 0.3) is 11.0 Å². The molecule has 7 nitrogen and oxygen atoms in total. The minimum atomic E-state index is -0.283. The number of carbonyl (C=O) groups excluding carboxylic acids is 1. The molecular weight excluding hydrogens is 268 g/mol. The molecule has 0 aliphatic rings. The van der Waals surface area contributed by atoms with E-state index in [0.717, 1.165) is 5.56 Å².